The number of rotatable bonds is 4. The normalized spacial score (nSPS) is 14.0. The van der Waals surface area contributed by atoms with Gasteiger partial charge in [0.25, 0.3) is 0 Å². The first-order chi connectivity index (χ1) is 8.47. The van der Waals surface area contributed by atoms with Gasteiger partial charge in [-0.25, -0.2) is 0 Å². The van der Waals surface area contributed by atoms with Crippen LogP contribution in [0.1, 0.15) is 4.88 Å². The molecule has 2 aromatic rings. The summed E-state index contributed by atoms with van der Waals surface area (Å²) in [6, 6.07) is 9.78. The van der Waals surface area contributed by atoms with Gasteiger partial charge in [-0.15, -0.1) is 11.3 Å². The van der Waals surface area contributed by atoms with Gasteiger partial charge in [0.15, 0.2) is 6.10 Å². The van der Waals surface area contributed by atoms with E-state index in [9.17, 15) is 13.2 Å². The molecule has 0 aliphatic heterocycles. The van der Waals surface area contributed by atoms with Crippen LogP contribution >= 0.6 is 11.3 Å². The van der Waals surface area contributed by atoms with E-state index in [0.29, 0.717) is 6.54 Å². The Hall–Kier alpha value is -1.11. The molecule has 0 saturated carbocycles. The summed E-state index contributed by atoms with van der Waals surface area (Å²) < 4.78 is 37.3. The highest BCUT2D eigenvalue weighted by atomic mass is 32.1. The fourth-order valence-electron chi connectivity index (χ4n) is 1.65. The molecule has 1 aromatic carbocycles. The van der Waals surface area contributed by atoms with Crippen LogP contribution in [0.5, 0.6) is 0 Å². The average Bonchev–Trinajstić information content (AvgIpc) is 2.70. The van der Waals surface area contributed by atoms with Crippen LogP contribution in [-0.4, -0.2) is 23.9 Å². The van der Waals surface area contributed by atoms with Crippen molar-refractivity contribution in [1.82, 2.24) is 0 Å². The predicted octanol–water partition coefficient (Wildman–Crippen LogP) is 1.89. The van der Waals surface area contributed by atoms with Gasteiger partial charge in [0.2, 0.25) is 0 Å². The molecule has 0 amide bonds. The standard InChI is InChI=1S/C12H12F3NOS/c13-12(14,15)11(17)7-16-6-9-5-8-3-1-2-4-10(8)18-9/h1-5,11,16-17H,6-7H2/p+1/t11-/m0/s1. The molecule has 1 aromatic heterocycles. The molecule has 1 atom stereocenters. The highest BCUT2D eigenvalue weighted by Gasteiger charge is 2.39. The molecule has 0 spiro atoms. The van der Waals surface area contributed by atoms with E-state index in [4.69, 9.17) is 5.11 Å². The largest absolute Gasteiger partial charge is 0.419 e. The van der Waals surface area contributed by atoms with Crippen molar-refractivity contribution in [3.05, 3.63) is 35.2 Å². The van der Waals surface area contributed by atoms with Crippen LogP contribution < -0.4 is 5.32 Å². The van der Waals surface area contributed by atoms with Gasteiger partial charge in [0.05, 0.1) is 4.88 Å². The smallest absolute Gasteiger partial charge is 0.379 e. The summed E-state index contributed by atoms with van der Waals surface area (Å²) in [5.41, 5.74) is 0. The van der Waals surface area contributed by atoms with Crippen LogP contribution in [0.25, 0.3) is 10.1 Å². The minimum Gasteiger partial charge on any atom is -0.379 e. The van der Waals surface area contributed by atoms with Crippen molar-refractivity contribution >= 4 is 21.4 Å². The third kappa shape index (κ3) is 3.22. The lowest BCUT2D eigenvalue weighted by Gasteiger charge is -2.12. The predicted molar refractivity (Wildman–Crippen MR) is 64.4 cm³/mol. The van der Waals surface area contributed by atoms with E-state index in [-0.39, 0.29) is 6.54 Å². The van der Waals surface area contributed by atoms with Crippen LogP contribution in [0.4, 0.5) is 13.2 Å². The van der Waals surface area contributed by atoms with Crippen molar-refractivity contribution in [2.75, 3.05) is 6.54 Å². The molecule has 0 bridgehead atoms. The van der Waals surface area contributed by atoms with Crippen molar-refractivity contribution < 1.29 is 23.6 Å². The highest BCUT2D eigenvalue weighted by molar-refractivity contribution is 7.19. The van der Waals surface area contributed by atoms with Gasteiger partial charge < -0.3 is 10.4 Å². The second kappa shape index (κ2) is 5.26. The summed E-state index contributed by atoms with van der Waals surface area (Å²) in [5, 5.41) is 11.4. The first-order valence-electron chi connectivity index (χ1n) is 5.51. The van der Waals surface area contributed by atoms with Crippen LogP contribution in [0.2, 0.25) is 0 Å². The molecule has 2 nitrogen and oxygen atoms in total. The lowest BCUT2D eigenvalue weighted by molar-refractivity contribution is -0.679. The van der Waals surface area contributed by atoms with Crippen molar-refractivity contribution in [3.8, 4) is 0 Å². The number of thiophene rings is 1. The monoisotopic (exact) mass is 276 g/mol. The number of hydrogen-bond donors (Lipinski definition) is 2. The zero-order chi connectivity index (χ0) is 13.2. The number of alkyl halides is 3. The molecule has 98 valence electrons. The molecular weight excluding hydrogens is 263 g/mol. The van der Waals surface area contributed by atoms with E-state index in [0.717, 1.165) is 15.0 Å². The molecule has 0 aliphatic rings. The number of benzene rings is 1. The van der Waals surface area contributed by atoms with Gasteiger partial charge in [-0.1, -0.05) is 18.2 Å². The quantitative estimate of drug-likeness (QED) is 0.879. The summed E-state index contributed by atoms with van der Waals surface area (Å²) in [4.78, 5) is 1.01. The van der Waals surface area contributed by atoms with Gasteiger partial charge in [-0.3, -0.25) is 0 Å². The van der Waals surface area contributed by atoms with Crippen LogP contribution in [0.15, 0.2) is 30.3 Å². The summed E-state index contributed by atoms with van der Waals surface area (Å²) in [5.74, 6) is 0. The number of hydrogen-bond acceptors (Lipinski definition) is 2. The number of quaternary nitrogens is 1. The fourth-order valence-corrected chi connectivity index (χ4v) is 2.72. The van der Waals surface area contributed by atoms with E-state index in [2.05, 4.69) is 0 Å². The summed E-state index contributed by atoms with van der Waals surface area (Å²) in [7, 11) is 0. The summed E-state index contributed by atoms with van der Waals surface area (Å²) in [6.45, 7) is 0.0875. The molecule has 2 rings (SSSR count). The minimum absolute atomic E-state index is 0.363. The zero-order valence-corrected chi connectivity index (χ0v) is 10.3. The summed E-state index contributed by atoms with van der Waals surface area (Å²) in [6.07, 6.45) is -6.79. The Labute approximate surface area is 106 Å². The van der Waals surface area contributed by atoms with Crippen molar-refractivity contribution in [2.24, 2.45) is 0 Å². The first kappa shape index (κ1) is 13.3. The zero-order valence-electron chi connectivity index (χ0n) is 9.45. The van der Waals surface area contributed by atoms with E-state index in [1.807, 2.05) is 30.3 Å². The molecule has 18 heavy (non-hydrogen) atoms. The summed E-state index contributed by atoms with van der Waals surface area (Å²) >= 11 is 1.56. The Kier molecular flexibility index (Phi) is 3.89. The van der Waals surface area contributed by atoms with Crippen molar-refractivity contribution in [3.63, 3.8) is 0 Å². The molecule has 6 heteroatoms. The molecule has 0 aliphatic carbocycles. The number of aliphatic hydroxyl groups is 1. The van der Waals surface area contributed by atoms with Gasteiger partial charge in [0, 0.05) is 4.70 Å². The van der Waals surface area contributed by atoms with Crippen LogP contribution in [-0.2, 0) is 6.54 Å². The maximum atomic E-state index is 12.1. The van der Waals surface area contributed by atoms with E-state index in [1.54, 1.807) is 11.3 Å². The number of halogens is 3. The Morgan fingerprint density at radius 2 is 2.00 bits per heavy atom. The van der Waals surface area contributed by atoms with E-state index < -0.39 is 12.3 Å². The molecule has 3 N–H and O–H groups in total. The molecule has 0 radical (unpaired) electrons. The lowest BCUT2D eigenvalue weighted by atomic mass is 10.2. The number of aliphatic hydroxyl groups excluding tert-OH is 1. The Balaban J connectivity index is 1.91. The van der Waals surface area contributed by atoms with Crippen molar-refractivity contribution in [1.29, 1.82) is 0 Å². The molecule has 0 unspecified atom stereocenters. The Morgan fingerprint density at radius 1 is 1.28 bits per heavy atom. The molecule has 0 saturated heterocycles. The third-order valence-corrected chi connectivity index (χ3v) is 3.73. The topological polar surface area (TPSA) is 36.8 Å². The number of nitrogens with two attached hydrogens (primary N) is 1. The molecular formula is C12H13F3NOS+. The highest BCUT2D eigenvalue weighted by Crippen LogP contribution is 2.24. The lowest BCUT2D eigenvalue weighted by Crippen LogP contribution is -2.85. The van der Waals surface area contributed by atoms with E-state index >= 15 is 0 Å². The second-order valence-corrected chi connectivity index (χ2v) is 5.20. The third-order valence-electron chi connectivity index (χ3n) is 2.59. The maximum absolute atomic E-state index is 12.1. The fraction of sp³-hybridized carbons (Fsp3) is 0.333. The van der Waals surface area contributed by atoms with Crippen molar-refractivity contribution in [2.45, 2.75) is 18.8 Å². The SMILES string of the molecule is O[C@@H](C[NH2+]Cc1cc2ccccc2s1)C(F)(F)F. The number of fused-ring (bicyclic) bond motifs is 1. The Morgan fingerprint density at radius 3 is 2.67 bits per heavy atom. The molecule has 0 fully saturated rings. The Bertz CT molecular complexity index is 490. The maximum Gasteiger partial charge on any atom is 0.419 e. The van der Waals surface area contributed by atoms with Gasteiger partial charge >= 0.3 is 6.18 Å². The van der Waals surface area contributed by atoms with Crippen LogP contribution in [0, 0.1) is 0 Å². The second-order valence-electron chi connectivity index (χ2n) is 4.04. The van der Waals surface area contributed by atoms with E-state index in [1.165, 1.54) is 5.32 Å². The van der Waals surface area contributed by atoms with Gasteiger partial charge in [0.1, 0.15) is 13.1 Å². The first-order valence-corrected chi connectivity index (χ1v) is 6.32. The van der Waals surface area contributed by atoms with Crippen LogP contribution in [0.3, 0.4) is 0 Å². The van der Waals surface area contributed by atoms with Gasteiger partial charge in [-0.05, 0) is 17.5 Å². The van der Waals surface area contributed by atoms with Gasteiger partial charge in [-0.2, -0.15) is 13.2 Å². The average molecular weight is 276 g/mol. The molecule has 1 heterocycles. The minimum atomic E-state index is -4.53.